The Morgan fingerprint density at radius 2 is 1.76 bits per heavy atom. The van der Waals surface area contributed by atoms with E-state index >= 15 is 0 Å². The highest BCUT2D eigenvalue weighted by molar-refractivity contribution is 5.70. The first-order chi connectivity index (χ1) is 19.5. The molecule has 41 heavy (non-hydrogen) atoms. The fourth-order valence-corrected chi connectivity index (χ4v) is 5.19. The molecule has 3 N–H and O–H groups in total. The molecular weight excluding hydrogens is 533 g/mol. The quantitative estimate of drug-likeness (QED) is 0.349. The highest BCUT2D eigenvalue weighted by Gasteiger charge is 2.51. The Morgan fingerprint density at radius 1 is 1.05 bits per heavy atom. The molecule has 2 atom stereocenters. The first-order valence-corrected chi connectivity index (χ1v) is 13.7. The topological polar surface area (TPSA) is 91.9 Å². The molecule has 0 saturated carbocycles. The third-order valence-electron chi connectivity index (χ3n) is 7.61. The maximum atomic E-state index is 13.2. The molecule has 0 aliphatic carbocycles. The summed E-state index contributed by atoms with van der Waals surface area (Å²) in [5.41, 5.74) is 7.26. The molecule has 1 unspecified atom stereocenters. The molecule has 0 amide bonds. The minimum absolute atomic E-state index is 0.0372. The van der Waals surface area contributed by atoms with Gasteiger partial charge in [-0.2, -0.15) is 13.2 Å². The number of aromatic nitrogens is 1. The molecular formula is C31H37F3N4O3. The van der Waals surface area contributed by atoms with Gasteiger partial charge in [0.05, 0.1) is 6.42 Å². The number of nitrogens with zero attached hydrogens (tertiary/aromatic N) is 3. The van der Waals surface area contributed by atoms with Crippen molar-refractivity contribution in [3.05, 3.63) is 89.2 Å². The summed E-state index contributed by atoms with van der Waals surface area (Å²) in [4.78, 5) is 21.2. The predicted octanol–water partition coefficient (Wildman–Crippen LogP) is 4.41. The van der Waals surface area contributed by atoms with E-state index in [4.69, 9.17) is 10.5 Å². The van der Waals surface area contributed by atoms with Gasteiger partial charge in [-0.1, -0.05) is 42.5 Å². The van der Waals surface area contributed by atoms with Crippen LogP contribution in [0.2, 0.25) is 0 Å². The zero-order valence-electron chi connectivity index (χ0n) is 23.4. The van der Waals surface area contributed by atoms with Crippen LogP contribution in [0.25, 0.3) is 11.1 Å². The lowest BCUT2D eigenvalue weighted by Gasteiger charge is -2.41. The first-order valence-electron chi connectivity index (χ1n) is 13.7. The number of ether oxygens (including phenoxy) is 1. The molecule has 7 nitrogen and oxygen atoms in total. The minimum Gasteiger partial charge on any atom is -0.464 e. The van der Waals surface area contributed by atoms with Crippen LogP contribution >= 0.6 is 0 Å². The van der Waals surface area contributed by atoms with Crippen LogP contribution in [-0.4, -0.2) is 70.9 Å². The van der Waals surface area contributed by atoms with Crippen LogP contribution < -0.4 is 5.73 Å². The summed E-state index contributed by atoms with van der Waals surface area (Å²) in [5, 5.41) is 9.97. The van der Waals surface area contributed by atoms with E-state index in [1.54, 1.807) is 24.5 Å². The zero-order valence-corrected chi connectivity index (χ0v) is 23.4. The summed E-state index contributed by atoms with van der Waals surface area (Å²) in [6.45, 7) is 6.96. The van der Waals surface area contributed by atoms with Gasteiger partial charge < -0.3 is 15.6 Å². The molecule has 1 aliphatic rings. The summed E-state index contributed by atoms with van der Waals surface area (Å²) >= 11 is 0. The number of rotatable bonds is 10. The molecule has 10 heteroatoms. The van der Waals surface area contributed by atoms with Crippen molar-refractivity contribution >= 4 is 5.97 Å². The Bertz CT molecular complexity index is 1300. The van der Waals surface area contributed by atoms with E-state index in [1.807, 2.05) is 31.2 Å². The number of pyridine rings is 1. The summed E-state index contributed by atoms with van der Waals surface area (Å²) < 4.78 is 45.0. The maximum absolute atomic E-state index is 13.2. The Morgan fingerprint density at radius 3 is 2.39 bits per heavy atom. The molecule has 0 bridgehead atoms. The highest BCUT2D eigenvalue weighted by atomic mass is 19.4. The number of piperazine rings is 1. The van der Waals surface area contributed by atoms with Gasteiger partial charge in [0.25, 0.3) is 0 Å². The number of halogens is 3. The van der Waals surface area contributed by atoms with Crippen molar-refractivity contribution in [1.29, 1.82) is 0 Å². The van der Waals surface area contributed by atoms with Gasteiger partial charge in [-0.15, -0.1) is 0 Å². The summed E-state index contributed by atoms with van der Waals surface area (Å²) in [6, 6.07) is 15.8. The van der Waals surface area contributed by atoms with E-state index in [1.165, 1.54) is 17.7 Å². The Balaban J connectivity index is 1.47. The molecule has 2 aromatic carbocycles. The number of alkyl halides is 3. The zero-order chi connectivity index (χ0) is 29.6. The summed E-state index contributed by atoms with van der Waals surface area (Å²) in [7, 11) is 0. The number of aryl methyl sites for hydroxylation is 1. The van der Waals surface area contributed by atoms with Gasteiger partial charge in [0.2, 0.25) is 0 Å². The number of carbonyl (C=O) groups excluding carboxylic acids is 1. The number of benzene rings is 2. The lowest BCUT2D eigenvalue weighted by molar-refractivity contribution is -0.258. The standard InChI is InChI=1S/C31H37F3N4O3/c1-22-17-24(3-8-28(22)25-4-6-26(7-5-25)30(2,40)31(32,33)34)20-38-15-14-37(19-23-9-12-36-13-10-23)21-27(38)18-29(39)41-16-11-35/h3-10,12-13,17,27,40H,11,14-16,18-21,35H2,1-2H3/t27-,30?/m0/s1. The number of nitrogens with two attached hydrogens (primary N) is 1. The maximum Gasteiger partial charge on any atom is 0.421 e. The van der Waals surface area contributed by atoms with E-state index in [2.05, 4.69) is 20.9 Å². The Kier molecular flexibility index (Phi) is 9.80. The molecule has 220 valence electrons. The van der Waals surface area contributed by atoms with Crippen LogP contribution in [0.4, 0.5) is 13.2 Å². The van der Waals surface area contributed by atoms with Crippen LogP contribution in [0.15, 0.2) is 67.0 Å². The number of hydrogen-bond donors (Lipinski definition) is 2. The molecule has 0 spiro atoms. The molecule has 1 aliphatic heterocycles. The van der Waals surface area contributed by atoms with Crippen molar-refractivity contribution in [1.82, 2.24) is 14.8 Å². The lowest BCUT2D eigenvalue weighted by atomic mass is 9.92. The van der Waals surface area contributed by atoms with Crippen LogP contribution in [-0.2, 0) is 28.2 Å². The Labute approximate surface area is 238 Å². The molecule has 1 aromatic heterocycles. The second kappa shape index (κ2) is 13.1. The van der Waals surface area contributed by atoms with Crippen LogP contribution in [0.1, 0.15) is 35.6 Å². The number of hydrogen-bond acceptors (Lipinski definition) is 7. The van der Waals surface area contributed by atoms with Gasteiger partial charge in [0.1, 0.15) is 6.61 Å². The minimum atomic E-state index is -4.77. The SMILES string of the molecule is Cc1cc(CN2CCN(Cc3ccncc3)C[C@@H]2CC(=O)OCCN)ccc1-c1ccc(C(C)(O)C(F)(F)F)cc1. The third kappa shape index (κ3) is 7.71. The lowest BCUT2D eigenvalue weighted by Crippen LogP contribution is -2.53. The summed E-state index contributed by atoms with van der Waals surface area (Å²) in [6.07, 6.45) is -0.951. The summed E-state index contributed by atoms with van der Waals surface area (Å²) in [5.74, 6) is -0.268. The van der Waals surface area contributed by atoms with E-state index in [9.17, 15) is 23.1 Å². The van der Waals surface area contributed by atoms with Crippen LogP contribution in [0, 0.1) is 6.92 Å². The monoisotopic (exact) mass is 570 g/mol. The van der Waals surface area contributed by atoms with E-state index in [-0.39, 0.29) is 37.1 Å². The van der Waals surface area contributed by atoms with E-state index in [0.717, 1.165) is 48.8 Å². The van der Waals surface area contributed by atoms with Crippen molar-refractivity contribution in [3.63, 3.8) is 0 Å². The average molecular weight is 571 g/mol. The van der Waals surface area contributed by atoms with Crippen molar-refractivity contribution in [3.8, 4) is 11.1 Å². The van der Waals surface area contributed by atoms with Gasteiger partial charge in [-0.3, -0.25) is 19.6 Å². The number of carbonyl (C=O) groups is 1. The molecule has 3 aromatic rings. The van der Waals surface area contributed by atoms with E-state index < -0.39 is 11.8 Å². The fourth-order valence-electron chi connectivity index (χ4n) is 5.19. The van der Waals surface area contributed by atoms with E-state index in [0.29, 0.717) is 13.1 Å². The molecule has 1 saturated heterocycles. The van der Waals surface area contributed by atoms with Crippen LogP contribution in [0.5, 0.6) is 0 Å². The normalized spacial score (nSPS) is 18.2. The predicted molar refractivity (Wildman–Crippen MR) is 151 cm³/mol. The van der Waals surface area contributed by atoms with Gasteiger partial charge in [-0.25, -0.2) is 0 Å². The second-order valence-corrected chi connectivity index (χ2v) is 10.7. The van der Waals surface area contributed by atoms with Gasteiger partial charge in [-0.05, 0) is 59.4 Å². The Hall–Kier alpha value is -3.31. The largest absolute Gasteiger partial charge is 0.464 e. The highest BCUT2D eigenvalue weighted by Crippen LogP contribution is 2.39. The van der Waals surface area contributed by atoms with Gasteiger partial charge in [0, 0.05) is 57.7 Å². The molecule has 1 fully saturated rings. The fraction of sp³-hybridized carbons (Fsp3) is 0.419. The van der Waals surface area contributed by atoms with Crippen molar-refractivity contribution in [2.45, 2.75) is 51.2 Å². The smallest absolute Gasteiger partial charge is 0.421 e. The van der Waals surface area contributed by atoms with Gasteiger partial charge >= 0.3 is 12.1 Å². The first kappa shape index (κ1) is 30.6. The third-order valence-corrected chi connectivity index (χ3v) is 7.61. The average Bonchev–Trinajstić information content (AvgIpc) is 2.93. The number of esters is 1. The molecule has 4 rings (SSSR count). The second-order valence-electron chi connectivity index (χ2n) is 10.7. The van der Waals surface area contributed by atoms with Crippen molar-refractivity contribution in [2.24, 2.45) is 5.73 Å². The molecule has 0 radical (unpaired) electrons. The van der Waals surface area contributed by atoms with Gasteiger partial charge in [0.15, 0.2) is 5.60 Å². The number of aliphatic hydroxyl groups is 1. The van der Waals surface area contributed by atoms with Crippen molar-refractivity contribution in [2.75, 3.05) is 32.8 Å². The van der Waals surface area contributed by atoms with Crippen LogP contribution in [0.3, 0.4) is 0 Å². The molecule has 2 heterocycles. The van der Waals surface area contributed by atoms with Crippen molar-refractivity contribution < 1.29 is 27.8 Å².